The van der Waals surface area contributed by atoms with Gasteiger partial charge in [0.2, 0.25) is 0 Å². The SMILES string of the molecule is CCn1c(-c2ccc(C(=O)Nc3ccccc3OC)s2)nc2ccccc21. The Balaban J connectivity index is 1.65. The summed E-state index contributed by atoms with van der Waals surface area (Å²) in [4.78, 5) is 19.0. The van der Waals surface area contributed by atoms with Crippen LogP contribution in [0.5, 0.6) is 5.75 Å². The lowest BCUT2D eigenvalue weighted by Crippen LogP contribution is -2.10. The number of hydrogen-bond donors (Lipinski definition) is 1. The van der Waals surface area contributed by atoms with Gasteiger partial charge in [-0.3, -0.25) is 4.79 Å². The number of thiophene rings is 1. The molecule has 2 aromatic heterocycles. The van der Waals surface area contributed by atoms with Gasteiger partial charge in [0, 0.05) is 6.54 Å². The number of amides is 1. The van der Waals surface area contributed by atoms with Crippen LogP contribution in [-0.4, -0.2) is 22.6 Å². The highest BCUT2D eigenvalue weighted by atomic mass is 32.1. The fourth-order valence-electron chi connectivity index (χ4n) is 3.10. The summed E-state index contributed by atoms with van der Waals surface area (Å²) in [5, 5.41) is 2.92. The van der Waals surface area contributed by atoms with E-state index in [1.54, 1.807) is 7.11 Å². The van der Waals surface area contributed by atoms with E-state index in [9.17, 15) is 4.79 Å². The Labute approximate surface area is 161 Å². The van der Waals surface area contributed by atoms with Gasteiger partial charge in [0.1, 0.15) is 5.75 Å². The van der Waals surface area contributed by atoms with Crippen LogP contribution in [0.4, 0.5) is 5.69 Å². The predicted molar refractivity (Wildman–Crippen MR) is 110 cm³/mol. The molecule has 0 radical (unpaired) electrons. The summed E-state index contributed by atoms with van der Waals surface area (Å²) >= 11 is 1.44. The molecular formula is C21H19N3O2S. The molecule has 0 atom stereocenters. The van der Waals surface area contributed by atoms with E-state index in [1.165, 1.54) is 11.3 Å². The normalized spacial score (nSPS) is 10.9. The van der Waals surface area contributed by atoms with E-state index < -0.39 is 0 Å². The molecule has 0 spiro atoms. The largest absolute Gasteiger partial charge is 0.495 e. The number of hydrogen-bond acceptors (Lipinski definition) is 4. The van der Waals surface area contributed by atoms with Gasteiger partial charge in [-0.1, -0.05) is 24.3 Å². The number of carbonyl (C=O) groups is 1. The maximum atomic E-state index is 12.7. The van der Waals surface area contributed by atoms with Gasteiger partial charge in [0.05, 0.1) is 33.6 Å². The van der Waals surface area contributed by atoms with Crippen LogP contribution in [0.25, 0.3) is 21.7 Å². The van der Waals surface area contributed by atoms with Gasteiger partial charge in [-0.2, -0.15) is 0 Å². The van der Waals surface area contributed by atoms with Gasteiger partial charge in [0.15, 0.2) is 5.82 Å². The number of nitrogens with zero attached hydrogens (tertiary/aromatic N) is 2. The van der Waals surface area contributed by atoms with Gasteiger partial charge < -0.3 is 14.6 Å². The quantitative estimate of drug-likeness (QED) is 0.530. The number of benzene rings is 2. The number of fused-ring (bicyclic) bond motifs is 1. The highest BCUT2D eigenvalue weighted by molar-refractivity contribution is 7.17. The molecule has 27 heavy (non-hydrogen) atoms. The van der Waals surface area contributed by atoms with Gasteiger partial charge in [-0.15, -0.1) is 11.3 Å². The molecule has 0 aliphatic heterocycles. The number of para-hydroxylation sites is 4. The lowest BCUT2D eigenvalue weighted by molar-refractivity contribution is 0.103. The number of anilines is 1. The summed E-state index contributed by atoms with van der Waals surface area (Å²) in [7, 11) is 1.59. The summed E-state index contributed by atoms with van der Waals surface area (Å²) in [6.07, 6.45) is 0. The van der Waals surface area contributed by atoms with Crippen LogP contribution in [0.2, 0.25) is 0 Å². The van der Waals surface area contributed by atoms with Crippen LogP contribution >= 0.6 is 11.3 Å². The van der Waals surface area contributed by atoms with Gasteiger partial charge in [-0.05, 0) is 43.3 Å². The van der Waals surface area contributed by atoms with Crippen molar-refractivity contribution in [2.24, 2.45) is 0 Å². The number of nitrogens with one attached hydrogen (secondary N) is 1. The van der Waals surface area contributed by atoms with Gasteiger partial charge in [-0.25, -0.2) is 4.98 Å². The molecule has 0 aliphatic rings. The lowest BCUT2D eigenvalue weighted by Gasteiger charge is -2.08. The van der Waals surface area contributed by atoms with E-state index in [4.69, 9.17) is 9.72 Å². The molecule has 4 aromatic rings. The molecule has 0 saturated carbocycles. The van der Waals surface area contributed by atoms with Crippen molar-refractivity contribution in [3.8, 4) is 16.5 Å². The second-order valence-electron chi connectivity index (χ2n) is 5.99. The van der Waals surface area contributed by atoms with Crippen molar-refractivity contribution in [2.45, 2.75) is 13.5 Å². The molecule has 0 fully saturated rings. The third-order valence-corrected chi connectivity index (χ3v) is 5.46. The van der Waals surface area contributed by atoms with Crippen LogP contribution in [0, 0.1) is 0 Å². The second-order valence-corrected chi connectivity index (χ2v) is 7.07. The first kappa shape index (κ1) is 17.3. The first-order valence-electron chi connectivity index (χ1n) is 8.71. The zero-order valence-corrected chi connectivity index (χ0v) is 15.9. The maximum absolute atomic E-state index is 12.7. The highest BCUT2D eigenvalue weighted by Crippen LogP contribution is 2.31. The minimum absolute atomic E-state index is 0.157. The number of imidazole rings is 1. The number of rotatable bonds is 5. The van der Waals surface area contributed by atoms with E-state index in [0.717, 1.165) is 28.3 Å². The Kier molecular flexibility index (Phi) is 4.64. The van der Waals surface area contributed by atoms with E-state index in [2.05, 4.69) is 22.9 Å². The average Bonchev–Trinajstić information content (AvgIpc) is 3.32. The van der Waals surface area contributed by atoms with Crippen molar-refractivity contribution in [3.63, 3.8) is 0 Å². The molecule has 0 bridgehead atoms. The minimum Gasteiger partial charge on any atom is -0.495 e. The van der Waals surface area contributed by atoms with Gasteiger partial charge >= 0.3 is 0 Å². The number of methoxy groups -OCH3 is 1. The molecule has 4 rings (SSSR count). The number of aromatic nitrogens is 2. The third-order valence-electron chi connectivity index (χ3n) is 4.38. The standard InChI is InChI=1S/C21H19N3O2S/c1-3-24-16-10-6-4-8-14(16)22-20(24)18-12-13-19(27-18)21(25)23-15-9-5-7-11-17(15)26-2/h4-13H,3H2,1-2H3,(H,23,25). The summed E-state index contributed by atoms with van der Waals surface area (Å²) in [6.45, 7) is 2.91. The number of aryl methyl sites for hydroxylation is 1. The maximum Gasteiger partial charge on any atom is 0.265 e. The molecule has 1 amide bonds. The molecule has 136 valence electrons. The lowest BCUT2D eigenvalue weighted by atomic mass is 10.3. The molecule has 0 unspecified atom stereocenters. The molecule has 1 N–H and O–H groups in total. The molecule has 5 nitrogen and oxygen atoms in total. The Morgan fingerprint density at radius 1 is 1.11 bits per heavy atom. The highest BCUT2D eigenvalue weighted by Gasteiger charge is 2.16. The van der Waals surface area contributed by atoms with Crippen LogP contribution in [0.3, 0.4) is 0 Å². The Morgan fingerprint density at radius 3 is 2.70 bits per heavy atom. The van der Waals surface area contributed by atoms with E-state index in [0.29, 0.717) is 16.3 Å². The fourth-order valence-corrected chi connectivity index (χ4v) is 4.00. The first-order valence-corrected chi connectivity index (χ1v) is 9.52. The molecule has 6 heteroatoms. The van der Waals surface area contributed by atoms with Crippen LogP contribution in [0.1, 0.15) is 16.6 Å². The van der Waals surface area contributed by atoms with Crippen LogP contribution in [-0.2, 0) is 6.54 Å². The van der Waals surface area contributed by atoms with E-state index in [1.807, 2.05) is 54.6 Å². The third kappa shape index (κ3) is 3.19. The summed E-state index contributed by atoms with van der Waals surface area (Å²) < 4.78 is 7.47. The van der Waals surface area contributed by atoms with Crippen LogP contribution in [0.15, 0.2) is 60.7 Å². The first-order chi connectivity index (χ1) is 13.2. The van der Waals surface area contributed by atoms with Gasteiger partial charge in [0.25, 0.3) is 5.91 Å². The topological polar surface area (TPSA) is 56.2 Å². The zero-order valence-electron chi connectivity index (χ0n) is 15.1. The summed E-state index contributed by atoms with van der Waals surface area (Å²) in [6, 6.07) is 19.2. The Morgan fingerprint density at radius 2 is 1.89 bits per heavy atom. The Bertz CT molecular complexity index is 1110. The number of ether oxygens (including phenoxy) is 1. The molecule has 0 aliphatic carbocycles. The molecular weight excluding hydrogens is 358 g/mol. The summed E-state index contributed by atoms with van der Waals surface area (Å²) in [5.41, 5.74) is 2.71. The average molecular weight is 377 g/mol. The molecule has 0 saturated heterocycles. The van der Waals surface area contributed by atoms with Crippen molar-refractivity contribution < 1.29 is 9.53 Å². The zero-order chi connectivity index (χ0) is 18.8. The van der Waals surface area contributed by atoms with E-state index in [-0.39, 0.29) is 5.91 Å². The predicted octanol–water partition coefficient (Wildman–Crippen LogP) is 5.05. The second kappa shape index (κ2) is 7.25. The molecule has 2 aromatic carbocycles. The fraction of sp³-hybridized carbons (Fsp3) is 0.143. The van der Waals surface area contributed by atoms with E-state index >= 15 is 0 Å². The monoisotopic (exact) mass is 377 g/mol. The smallest absolute Gasteiger partial charge is 0.265 e. The van der Waals surface area contributed by atoms with Crippen molar-refractivity contribution >= 4 is 34.0 Å². The Hall–Kier alpha value is -3.12. The van der Waals surface area contributed by atoms with Crippen molar-refractivity contribution in [1.29, 1.82) is 0 Å². The van der Waals surface area contributed by atoms with Crippen LogP contribution < -0.4 is 10.1 Å². The van der Waals surface area contributed by atoms with Crippen molar-refractivity contribution in [1.82, 2.24) is 9.55 Å². The van der Waals surface area contributed by atoms with Crippen molar-refractivity contribution in [3.05, 3.63) is 65.5 Å². The number of carbonyl (C=O) groups excluding carboxylic acids is 1. The summed E-state index contributed by atoms with van der Waals surface area (Å²) in [5.74, 6) is 1.37. The molecule has 2 heterocycles. The van der Waals surface area contributed by atoms with Crippen molar-refractivity contribution in [2.75, 3.05) is 12.4 Å². The minimum atomic E-state index is -0.157.